The lowest BCUT2D eigenvalue weighted by molar-refractivity contribution is -0.123. The molecule has 1 aliphatic rings. The molecule has 1 saturated carbocycles. The number of thiophene rings is 1. The van der Waals surface area contributed by atoms with E-state index in [0.29, 0.717) is 12.6 Å². The molecule has 0 saturated heterocycles. The van der Waals surface area contributed by atoms with Crippen LogP contribution in [0.5, 0.6) is 0 Å². The predicted molar refractivity (Wildman–Crippen MR) is 83.4 cm³/mol. The maximum Gasteiger partial charge on any atom is 0.234 e. The van der Waals surface area contributed by atoms with Crippen molar-refractivity contribution in [3.8, 4) is 0 Å². The third-order valence-corrected chi connectivity index (χ3v) is 5.15. The Hall–Kier alpha value is -0.390. The van der Waals surface area contributed by atoms with Crippen LogP contribution in [-0.4, -0.2) is 29.9 Å². The molecule has 1 aromatic heterocycles. The average Bonchev–Trinajstić information content (AvgIpc) is 3.00. The predicted octanol–water partition coefficient (Wildman–Crippen LogP) is 3.39. The molecule has 0 atom stereocenters. The molecular weight excluding hydrogens is 324 g/mol. The monoisotopic (exact) mass is 344 g/mol. The van der Waals surface area contributed by atoms with Gasteiger partial charge in [0.2, 0.25) is 5.91 Å². The van der Waals surface area contributed by atoms with Gasteiger partial charge in [-0.2, -0.15) is 0 Å². The standard InChI is InChI=1S/C14H21BrN2OS/c1-2-17(9-12-7-8-13(15)19-12)10-14(18)16-11-5-3-4-6-11/h7-8,11H,2-6,9-10H2,1H3,(H,16,18). The molecule has 106 valence electrons. The van der Waals surface area contributed by atoms with Crippen molar-refractivity contribution in [1.82, 2.24) is 10.2 Å². The van der Waals surface area contributed by atoms with Gasteiger partial charge in [0.05, 0.1) is 10.3 Å². The van der Waals surface area contributed by atoms with Crippen molar-refractivity contribution in [2.24, 2.45) is 0 Å². The highest BCUT2D eigenvalue weighted by atomic mass is 79.9. The quantitative estimate of drug-likeness (QED) is 0.857. The van der Waals surface area contributed by atoms with Crippen molar-refractivity contribution in [2.75, 3.05) is 13.1 Å². The average molecular weight is 345 g/mol. The number of likely N-dealkylation sites (N-methyl/N-ethyl adjacent to an activating group) is 1. The van der Waals surface area contributed by atoms with Crippen LogP contribution in [0.4, 0.5) is 0 Å². The first-order valence-corrected chi connectivity index (χ1v) is 8.54. The summed E-state index contributed by atoms with van der Waals surface area (Å²) < 4.78 is 1.15. The van der Waals surface area contributed by atoms with Crippen LogP contribution in [0.25, 0.3) is 0 Å². The lowest BCUT2D eigenvalue weighted by Crippen LogP contribution is -2.40. The van der Waals surface area contributed by atoms with Crippen molar-refractivity contribution >= 4 is 33.2 Å². The Morgan fingerprint density at radius 2 is 2.21 bits per heavy atom. The highest BCUT2D eigenvalue weighted by Crippen LogP contribution is 2.23. The largest absolute Gasteiger partial charge is 0.352 e. The maximum absolute atomic E-state index is 12.0. The number of amides is 1. The fourth-order valence-corrected chi connectivity index (χ4v) is 4.01. The highest BCUT2D eigenvalue weighted by molar-refractivity contribution is 9.11. The Labute approximate surface area is 127 Å². The SMILES string of the molecule is CCN(CC(=O)NC1CCCC1)Cc1ccc(Br)s1. The maximum atomic E-state index is 12.0. The van der Waals surface area contributed by atoms with Gasteiger partial charge in [-0.05, 0) is 47.4 Å². The minimum atomic E-state index is 0.171. The summed E-state index contributed by atoms with van der Waals surface area (Å²) >= 11 is 5.21. The minimum Gasteiger partial charge on any atom is -0.352 e. The summed E-state index contributed by atoms with van der Waals surface area (Å²) in [4.78, 5) is 15.5. The molecule has 1 aromatic rings. The first-order chi connectivity index (χ1) is 9.17. The number of halogens is 1. The van der Waals surface area contributed by atoms with Gasteiger partial charge in [0.25, 0.3) is 0 Å². The van der Waals surface area contributed by atoms with Gasteiger partial charge in [0.1, 0.15) is 0 Å². The smallest absolute Gasteiger partial charge is 0.234 e. The van der Waals surface area contributed by atoms with Crippen LogP contribution < -0.4 is 5.32 Å². The van der Waals surface area contributed by atoms with E-state index in [2.05, 4.69) is 45.2 Å². The van der Waals surface area contributed by atoms with Crippen LogP contribution in [0.3, 0.4) is 0 Å². The summed E-state index contributed by atoms with van der Waals surface area (Å²) in [5.41, 5.74) is 0. The first kappa shape index (κ1) is 15.0. The van der Waals surface area contributed by atoms with E-state index in [4.69, 9.17) is 0 Å². The molecule has 2 rings (SSSR count). The fourth-order valence-electron chi connectivity index (χ4n) is 2.48. The van der Waals surface area contributed by atoms with Crippen molar-refractivity contribution in [2.45, 2.75) is 45.2 Å². The molecule has 1 aliphatic carbocycles. The molecule has 0 aliphatic heterocycles. The van der Waals surface area contributed by atoms with Gasteiger partial charge in [-0.1, -0.05) is 19.8 Å². The molecule has 0 radical (unpaired) electrons. The summed E-state index contributed by atoms with van der Waals surface area (Å²) in [6.07, 6.45) is 4.81. The Kier molecular flexibility index (Phi) is 5.85. The molecule has 0 unspecified atom stereocenters. The molecule has 0 bridgehead atoms. The van der Waals surface area contributed by atoms with Crippen LogP contribution in [0, 0.1) is 0 Å². The molecule has 19 heavy (non-hydrogen) atoms. The van der Waals surface area contributed by atoms with Gasteiger partial charge in [-0.3, -0.25) is 9.69 Å². The Balaban J connectivity index is 1.79. The Morgan fingerprint density at radius 3 is 2.79 bits per heavy atom. The van der Waals surface area contributed by atoms with Gasteiger partial charge in [-0.15, -0.1) is 11.3 Å². The number of carbonyl (C=O) groups excluding carboxylic acids is 1. The fraction of sp³-hybridized carbons (Fsp3) is 0.643. The second-order valence-corrected chi connectivity index (χ2v) is 7.61. The first-order valence-electron chi connectivity index (χ1n) is 6.93. The molecule has 1 heterocycles. The molecule has 3 nitrogen and oxygen atoms in total. The topological polar surface area (TPSA) is 32.3 Å². The van der Waals surface area contributed by atoms with Crippen molar-refractivity contribution in [3.05, 3.63) is 20.8 Å². The molecule has 1 amide bonds. The van der Waals surface area contributed by atoms with E-state index in [1.54, 1.807) is 11.3 Å². The van der Waals surface area contributed by atoms with Crippen LogP contribution in [0.15, 0.2) is 15.9 Å². The zero-order chi connectivity index (χ0) is 13.7. The molecule has 1 N–H and O–H groups in total. The van der Waals surface area contributed by atoms with Crippen LogP contribution in [0.1, 0.15) is 37.5 Å². The van der Waals surface area contributed by atoms with Crippen molar-refractivity contribution in [3.63, 3.8) is 0 Å². The van der Waals surface area contributed by atoms with E-state index in [1.165, 1.54) is 17.7 Å². The van der Waals surface area contributed by atoms with Crippen LogP contribution >= 0.6 is 27.3 Å². The zero-order valence-electron chi connectivity index (χ0n) is 11.3. The third kappa shape index (κ3) is 4.89. The number of carbonyl (C=O) groups is 1. The lowest BCUT2D eigenvalue weighted by Gasteiger charge is -2.20. The van der Waals surface area contributed by atoms with Crippen LogP contribution in [0.2, 0.25) is 0 Å². The van der Waals surface area contributed by atoms with Gasteiger partial charge < -0.3 is 5.32 Å². The summed E-state index contributed by atoms with van der Waals surface area (Å²) in [5, 5.41) is 3.15. The molecule has 1 fully saturated rings. The number of hydrogen-bond acceptors (Lipinski definition) is 3. The zero-order valence-corrected chi connectivity index (χ0v) is 13.7. The van der Waals surface area contributed by atoms with Crippen molar-refractivity contribution in [1.29, 1.82) is 0 Å². The third-order valence-electron chi connectivity index (χ3n) is 3.54. The molecular formula is C14H21BrN2OS. The lowest BCUT2D eigenvalue weighted by atomic mass is 10.2. The highest BCUT2D eigenvalue weighted by Gasteiger charge is 2.18. The van der Waals surface area contributed by atoms with Gasteiger partial charge in [0, 0.05) is 17.5 Å². The van der Waals surface area contributed by atoms with E-state index in [9.17, 15) is 4.79 Å². The second-order valence-electron chi connectivity index (χ2n) is 5.06. The van der Waals surface area contributed by atoms with E-state index < -0.39 is 0 Å². The number of hydrogen-bond donors (Lipinski definition) is 1. The number of nitrogens with one attached hydrogen (secondary N) is 1. The summed E-state index contributed by atoms with van der Waals surface area (Å²) in [6, 6.07) is 4.60. The van der Waals surface area contributed by atoms with Gasteiger partial charge >= 0.3 is 0 Å². The van der Waals surface area contributed by atoms with E-state index in [1.807, 2.05) is 0 Å². The number of nitrogens with zero attached hydrogens (tertiary/aromatic N) is 1. The molecule has 5 heteroatoms. The Morgan fingerprint density at radius 1 is 1.47 bits per heavy atom. The van der Waals surface area contributed by atoms with Crippen molar-refractivity contribution < 1.29 is 4.79 Å². The summed E-state index contributed by atoms with van der Waals surface area (Å²) in [5.74, 6) is 0.171. The molecule has 0 aromatic carbocycles. The van der Waals surface area contributed by atoms with E-state index in [0.717, 1.165) is 29.7 Å². The summed E-state index contributed by atoms with van der Waals surface area (Å²) in [6.45, 7) is 4.35. The van der Waals surface area contributed by atoms with E-state index in [-0.39, 0.29) is 5.91 Å². The number of rotatable bonds is 6. The van der Waals surface area contributed by atoms with Crippen LogP contribution in [-0.2, 0) is 11.3 Å². The normalized spacial score (nSPS) is 16.2. The van der Waals surface area contributed by atoms with Gasteiger partial charge in [-0.25, -0.2) is 0 Å². The second kappa shape index (κ2) is 7.41. The summed E-state index contributed by atoms with van der Waals surface area (Å²) in [7, 11) is 0. The van der Waals surface area contributed by atoms with Gasteiger partial charge in [0.15, 0.2) is 0 Å². The Bertz CT molecular complexity index is 415. The minimum absolute atomic E-state index is 0.171. The molecule has 0 spiro atoms. The van der Waals surface area contributed by atoms with E-state index >= 15 is 0 Å².